The second-order valence-electron chi connectivity index (χ2n) is 5.01. The molecule has 0 atom stereocenters. The molecule has 2 rings (SSSR count). The predicted octanol–water partition coefficient (Wildman–Crippen LogP) is 4.64. The van der Waals surface area contributed by atoms with Gasteiger partial charge in [0.05, 0.1) is 5.19 Å². The van der Waals surface area contributed by atoms with E-state index in [9.17, 15) is 22.0 Å². The molecule has 8 heteroatoms. The fourth-order valence-electron chi connectivity index (χ4n) is 1.98. The number of rotatable bonds is 3. The van der Waals surface area contributed by atoms with Crippen LogP contribution in [0.1, 0.15) is 0 Å². The zero-order valence-electron chi connectivity index (χ0n) is 11.5. The van der Waals surface area contributed by atoms with Crippen LogP contribution in [-0.2, 0) is 0 Å². The van der Waals surface area contributed by atoms with E-state index in [0.29, 0.717) is 0 Å². The average Bonchev–Trinajstić information content (AvgIpc) is 2.45. The van der Waals surface area contributed by atoms with Crippen molar-refractivity contribution in [1.29, 1.82) is 0 Å². The molecule has 0 N–H and O–H groups in total. The summed E-state index contributed by atoms with van der Waals surface area (Å²) in [5.41, 5.74) is 0. The molecule has 2 aromatic rings. The highest BCUT2D eigenvalue weighted by Crippen LogP contribution is 2.23. The summed E-state index contributed by atoms with van der Waals surface area (Å²) in [6.45, 7) is 2.71. The molecule has 0 unspecified atom stereocenters. The van der Waals surface area contributed by atoms with Gasteiger partial charge in [0.2, 0.25) is 5.82 Å². The first-order valence-electron chi connectivity index (χ1n) is 6.11. The number of hydrogen-bond acceptors (Lipinski definition) is 1. The van der Waals surface area contributed by atoms with Crippen molar-refractivity contribution in [2.24, 2.45) is 0 Å². The van der Waals surface area contributed by atoms with Gasteiger partial charge in [-0.3, -0.25) is 0 Å². The molecule has 0 fully saturated rings. The van der Waals surface area contributed by atoms with Crippen LogP contribution in [0, 0.1) is 29.1 Å². The van der Waals surface area contributed by atoms with Gasteiger partial charge in [-0.1, -0.05) is 15.9 Å². The zero-order chi connectivity index (χ0) is 16.7. The lowest BCUT2D eigenvalue weighted by molar-refractivity contribution is 0.382. The fraction of sp³-hybridized carbons (Fsp3) is 0.143. The van der Waals surface area contributed by atoms with Crippen molar-refractivity contribution in [3.63, 3.8) is 0 Å². The molecule has 22 heavy (non-hydrogen) atoms. The highest BCUT2D eigenvalue weighted by atomic mass is 79.9. The summed E-state index contributed by atoms with van der Waals surface area (Å²) in [6, 6.07) is 6.34. The molecule has 0 bridgehead atoms. The first-order valence-corrected chi connectivity index (χ1v) is 9.81. The average molecular weight is 397 g/mol. The third-order valence-corrected chi connectivity index (χ3v) is 5.92. The van der Waals surface area contributed by atoms with E-state index in [2.05, 4.69) is 15.9 Å². The second kappa shape index (κ2) is 6.00. The molecule has 0 aliphatic heterocycles. The maximum Gasteiger partial charge on any atom is 0.282 e. The lowest BCUT2D eigenvalue weighted by atomic mass is 10.3. The van der Waals surface area contributed by atoms with E-state index in [1.54, 1.807) is 12.1 Å². The SMILES string of the molecule is C[Si](C)(Oc1ccc(Br)cc1)c1c(F)c(F)c(F)c(F)c1F. The Kier molecular flexibility index (Phi) is 4.62. The van der Waals surface area contributed by atoms with Gasteiger partial charge in [0.15, 0.2) is 23.3 Å². The third-order valence-electron chi connectivity index (χ3n) is 3.00. The Morgan fingerprint density at radius 2 is 1.18 bits per heavy atom. The quantitative estimate of drug-likeness (QED) is 0.318. The maximum atomic E-state index is 13.9. The van der Waals surface area contributed by atoms with E-state index >= 15 is 0 Å². The minimum absolute atomic E-state index is 0.281. The molecule has 0 saturated heterocycles. The van der Waals surface area contributed by atoms with Crippen LogP contribution in [0.3, 0.4) is 0 Å². The van der Waals surface area contributed by atoms with Crippen molar-refractivity contribution in [1.82, 2.24) is 0 Å². The largest absolute Gasteiger partial charge is 0.539 e. The van der Waals surface area contributed by atoms with Crippen molar-refractivity contribution in [3.05, 3.63) is 57.8 Å². The molecule has 0 aliphatic carbocycles. The number of benzene rings is 2. The smallest absolute Gasteiger partial charge is 0.282 e. The van der Waals surface area contributed by atoms with Gasteiger partial charge in [-0.2, -0.15) is 0 Å². The predicted molar refractivity (Wildman–Crippen MR) is 78.1 cm³/mol. The molecule has 0 amide bonds. The van der Waals surface area contributed by atoms with Crippen LogP contribution in [0.5, 0.6) is 5.75 Å². The van der Waals surface area contributed by atoms with Crippen LogP contribution in [0.4, 0.5) is 22.0 Å². The molecule has 0 aromatic heterocycles. The summed E-state index contributed by atoms with van der Waals surface area (Å²) in [5, 5.41) is -0.883. The van der Waals surface area contributed by atoms with Crippen LogP contribution in [0.25, 0.3) is 0 Å². The molecule has 118 valence electrons. The highest BCUT2D eigenvalue weighted by molar-refractivity contribution is 9.10. The van der Waals surface area contributed by atoms with E-state index < -0.39 is 42.6 Å². The van der Waals surface area contributed by atoms with Crippen LogP contribution in [0.15, 0.2) is 28.7 Å². The van der Waals surface area contributed by atoms with Gasteiger partial charge in [0.1, 0.15) is 5.75 Å². The second-order valence-corrected chi connectivity index (χ2v) is 9.65. The maximum absolute atomic E-state index is 13.9. The minimum atomic E-state index is -3.42. The summed E-state index contributed by atoms with van der Waals surface area (Å²) in [6.07, 6.45) is 0. The van der Waals surface area contributed by atoms with Crippen molar-refractivity contribution in [2.75, 3.05) is 0 Å². The number of hydrogen-bond donors (Lipinski definition) is 0. The van der Waals surface area contributed by atoms with E-state index in [-0.39, 0.29) is 5.75 Å². The van der Waals surface area contributed by atoms with E-state index in [0.717, 1.165) is 4.47 Å². The Morgan fingerprint density at radius 1 is 0.773 bits per heavy atom. The van der Waals surface area contributed by atoms with E-state index in [1.165, 1.54) is 25.2 Å². The normalized spacial score (nSPS) is 11.6. The Labute approximate surface area is 133 Å². The summed E-state index contributed by atoms with van der Waals surface area (Å²) in [4.78, 5) is 0. The van der Waals surface area contributed by atoms with Gasteiger partial charge in [-0.05, 0) is 37.4 Å². The van der Waals surface area contributed by atoms with Gasteiger partial charge in [0, 0.05) is 4.47 Å². The summed E-state index contributed by atoms with van der Waals surface area (Å²) in [5.74, 6) is -9.51. The monoisotopic (exact) mass is 396 g/mol. The van der Waals surface area contributed by atoms with Gasteiger partial charge in [-0.25, -0.2) is 22.0 Å². The van der Waals surface area contributed by atoms with Crippen molar-refractivity contribution in [2.45, 2.75) is 13.1 Å². The molecule has 0 saturated carbocycles. The van der Waals surface area contributed by atoms with Crippen molar-refractivity contribution in [3.8, 4) is 5.75 Å². The van der Waals surface area contributed by atoms with E-state index in [4.69, 9.17) is 4.43 Å². The minimum Gasteiger partial charge on any atom is -0.539 e. The van der Waals surface area contributed by atoms with Crippen LogP contribution in [-0.4, -0.2) is 8.32 Å². The standard InChI is InChI=1S/C14H10BrF5OSi/c1-22(2,21-8-5-3-7(15)4-6-8)14-12(19)10(17)9(16)11(18)13(14)20/h3-6H,1-2H3. The molecule has 0 radical (unpaired) electrons. The molecule has 2 aromatic carbocycles. The lowest BCUT2D eigenvalue weighted by Crippen LogP contribution is -2.52. The Bertz CT molecular complexity index is 689. The van der Waals surface area contributed by atoms with E-state index in [1.807, 2.05) is 0 Å². The zero-order valence-corrected chi connectivity index (χ0v) is 14.1. The Hall–Kier alpha value is -1.41. The van der Waals surface area contributed by atoms with Crippen molar-refractivity contribution < 1.29 is 26.4 Å². The highest BCUT2D eigenvalue weighted by Gasteiger charge is 2.39. The third kappa shape index (κ3) is 3.03. The van der Waals surface area contributed by atoms with Gasteiger partial charge >= 0.3 is 0 Å². The van der Waals surface area contributed by atoms with Gasteiger partial charge in [0.25, 0.3) is 8.32 Å². The van der Waals surface area contributed by atoms with Gasteiger partial charge < -0.3 is 4.43 Å². The Morgan fingerprint density at radius 3 is 1.64 bits per heavy atom. The van der Waals surface area contributed by atoms with Crippen LogP contribution >= 0.6 is 15.9 Å². The number of halogens is 6. The molecule has 0 aliphatic rings. The van der Waals surface area contributed by atoms with Crippen LogP contribution < -0.4 is 9.61 Å². The Balaban J connectivity index is 2.51. The molecule has 0 spiro atoms. The van der Waals surface area contributed by atoms with Crippen LogP contribution in [0.2, 0.25) is 13.1 Å². The molecule has 0 heterocycles. The van der Waals surface area contributed by atoms with Crippen molar-refractivity contribution >= 4 is 29.4 Å². The fourth-order valence-corrected chi connectivity index (χ4v) is 4.35. The summed E-state index contributed by atoms with van der Waals surface area (Å²) >= 11 is 3.22. The lowest BCUT2D eigenvalue weighted by Gasteiger charge is -2.25. The summed E-state index contributed by atoms with van der Waals surface area (Å²) in [7, 11) is -3.42. The molecular formula is C14H10BrF5OSi. The molecule has 1 nitrogen and oxygen atoms in total. The first-order chi connectivity index (χ1) is 10.1. The first kappa shape index (κ1) is 16.9. The molecular weight excluding hydrogens is 387 g/mol. The summed E-state index contributed by atoms with van der Waals surface area (Å²) < 4.78 is 73.8. The van der Waals surface area contributed by atoms with Gasteiger partial charge in [-0.15, -0.1) is 0 Å². The topological polar surface area (TPSA) is 9.23 Å².